The Morgan fingerprint density at radius 1 is 0.976 bits per heavy atom. The number of H-pyrrole nitrogens is 1. The van der Waals surface area contributed by atoms with Gasteiger partial charge in [-0.3, -0.25) is 15.2 Å². The molecule has 0 spiro atoms. The van der Waals surface area contributed by atoms with Crippen LogP contribution < -0.4 is 10.1 Å². The molecule has 0 amide bonds. The van der Waals surface area contributed by atoms with E-state index in [4.69, 9.17) is 14.2 Å². The van der Waals surface area contributed by atoms with Gasteiger partial charge in [0.05, 0.1) is 41.3 Å². The van der Waals surface area contributed by atoms with Crippen molar-refractivity contribution in [3.63, 3.8) is 0 Å². The summed E-state index contributed by atoms with van der Waals surface area (Å²) in [5.41, 5.74) is 2.79. The molecule has 3 rings (SSSR count). The zero-order valence-corrected chi connectivity index (χ0v) is 24.6. The Labute approximate surface area is 240 Å². The molecule has 11 nitrogen and oxygen atoms in total. The van der Waals surface area contributed by atoms with Crippen LogP contribution in [-0.4, -0.2) is 46.4 Å². The molecule has 0 saturated carbocycles. The van der Waals surface area contributed by atoms with E-state index >= 15 is 0 Å². The smallest absolute Gasteiger partial charge is 0.337 e. The molecule has 2 N–H and O–H groups in total. The molecule has 1 unspecified atom stereocenters. The van der Waals surface area contributed by atoms with Crippen LogP contribution in [-0.2, 0) is 19.1 Å². The van der Waals surface area contributed by atoms with Crippen LogP contribution in [0.5, 0.6) is 5.88 Å². The summed E-state index contributed by atoms with van der Waals surface area (Å²) in [5, 5.41) is 21.7. The fourth-order valence-electron chi connectivity index (χ4n) is 4.63. The van der Waals surface area contributed by atoms with Crippen LogP contribution in [0.3, 0.4) is 0 Å². The lowest BCUT2D eigenvalue weighted by Gasteiger charge is -2.30. The van der Waals surface area contributed by atoms with E-state index in [2.05, 4.69) is 29.4 Å². The van der Waals surface area contributed by atoms with Gasteiger partial charge >= 0.3 is 11.9 Å². The van der Waals surface area contributed by atoms with Crippen LogP contribution >= 0.6 is 0 Å². The van der Waals surface area contributed by atoms with Crippen molar-refractivity contribution in [2.45, 2.75) is 85.2 Å². The second-order valence-electron chi connectivity index (χ2n) is 10.7. The molecular formula is C30H40N4O7. The normalized spacial score (nSPS) is 15.3. The molecule has 1 aromatic heterocycles. The summed E-state index contributed by atoms with van der Waals surface area (Å²) in [6, 6.07) is 7.85. The summed E-state index contributed by atoms with van der Waals surface area (Å²) >= 11 is 0. The number of unbranched alkanes of at least 4 members (excludes halogenated alkanes) is 3. The molecule has 11 heteroatoms. The van der Waals surface area contributed by atoms with Crippen LogP contribution in [0.25, 0.3) is 0 Å². The lowest BCUT2D eigenvalue weighted by molar-refractivity contribution is -0.384. The van der Waals surface area contributed by atoms with Crippen molar-refractivity contribution in [3.05, 3.63) is 74.2 Å². The van der Waals surface area contributed by atoms with E-state index in [-0.39, 0.29) is 23.4 Å². The molecule has 0 aliphatic carbocycles. The highest BCUT2D eigenvalue weighted by molar-refractivity contribution is 6.00. The van der Waals surface area contributed by atoms with Crippen LogP contribution in [0, 0.1) is 10.1 Å². The van der Waals surface area contributed by atoms with E-state index in [9.17, 15) is 19.7 Å². The third kappa shape index (κ3) is 8.42. The van der Waals surface area contributed by atoms with Crippen LogP contribution in [0.1, 0.15) is 90.3 Å². The van der Waals surface area contributed by atoms with E-state index in [1.54, 1.807) is 33.8 Å². The summed E-state index contributed by atoms with van der Waals surface area (Å²) in [6.07, 6.45) is 2.84. The number of rotatable bonds is 14. The molecule has 0 saturated heterocycles. The first-order valence-corrected chi connectivity index (χ1v) is 14.0. The van der Waals surface area contributed by atoms with E-state index in [1.165, 1.54) is 18.2 Å². The highest BCUT2D eigenvalue weighted by atomic mass is 16.6. The number of nitro groups is 1. The number of non-ortho nitro benzene ring substituents is 1. The van der Waals surface area contributed by atoms with E-state index in [1.807, 2.05) is 6.07 Å². The second kappa shape index (κ2) is 14.5. The van der Waals surface area contributed by atoms with Crippen molar-refractivity contribution in [2.75, 3.05) is 13.2 Å². The number of hydrogen-bond acceptors (Lipinski definition) is 9. The molecule has 0 radical (unpaired) electrons. The van der Waals surface area contributed by atoms with Gasteiger partial charge in [-0.25, -0.2) is 9.59 Å². The van der Waals surface area contributed by atoms with Crippen molar-refractivity contribution in [3.8, 4) is 5.88 Å². The average Bonchev–Trinajstić information content (AvgIpc) is 3.38. The topological polar surface area (TPSA) is 146 Å². The highest BCUT2D eigenvalue weighted by Crippen LogP contribution is 2.40. The number of hydrogen-bond donors (Lipinski definition) is 2. The Kier molecular flexibility index (Phi) is 11.1. The summed E-state index contributed by atoms with van der Waals surface area (Å²) in [6.45, 7) is 11.8. The number of esters is 2. The molecule has 2 aromatic rings. The molecule has 1 aromatic carbocycles. The number of aromatic nitrogens is 2. The van der Waals surface area contributed by atoms with E-state index in [0.29, 0.717) is 41.8 Å². The fraction of sp³-hybridized carbons (Fsp3) is 0.500. The number of dihydropyridines is 1. The molecule has 222 valence electrons. The maximum absolute atomic E-state index is 13.4. The minimum Gasteiger partial charge on any atom is -0.477 e. The van der Waals surface area contributed by atoms with Gasteiger partial charge in [0.1, 0.15) is 0 Å². The molecule has 2 heterocycles. The molecule has 0 bridgehead atoms. The Morgan fingerprint density at radius 3 is 2.24 bits per heavy atom. The van der Waals surface area contributed by atoms with Gasteiger partial charge in [0.2, 0.25) is 5.88 Å². The molecule has 0 fully saturated rings. The van der Waals surface area contributed by atoms with Gasteiger partial charge in [0.25, 0.3) is 5.69 Å². The van der Waals surface area contributed by atoms with Crippen molar-refractivity contribution in [1.29, 1.82) is 0 Å². The quantitative estimate of drug-likeness (QED) is 0.125. The summed E-state index contributed by atoms with van der Waals surface area (Å²) in [7, 11) is 0. The number of ether oxygens (including phenoxy) is 3. The van der Waals surface area contributed by atoms with E-state index in [0.717, 1.165) is 25.0 Å². The maximum Gasteiger partial charge on any atom is 0.337 e. The Morgan fingerprint density at radius 2 is 1.63 bits per heavy atom. The number of benzene rings is 1. The predicted octanol–water partition coefficient (Wildman–Crippen LogP) is 5.81. The van der Waals surface area contributed by atoms with Crippen molar-refractivity contribution >= 4 is 17.6 Å². The SMILES string of the molecule is CC1=C(C(=O)OCCCCCCOc2cc(C(C)C)[nH]n2)C(c2cccc([N+](=O)[O-])c2)C(C(=O)OC(C)C)=C(C)N1. The van der Waals surface area contributed by atoms with Gasteiger partial charge < -0.3 is 19.5 Å². The van der Waals surface area contributed by atoms with Gasteiger partial charge in [-0.05, 0) is 64.9 Å². The van der Waals surface area contributed by atoms with Crippen molar-refractivity contribution < 1.29 is 28.7 Å². The molecule has 1 atom stereocenters. The number of nitrogens with zero attached hydrogens (tertiary/aromatic N) is 2. The van der Waals surface area contributed by atoms with Gasteiger partial charge in [0, 0.05) is 35.3 Å². The average molecular weight is 569 g/mol. The van der Waals surface area contributed by atoms with Gasteiger partial charge in [0.15, 0.2) is 0 Å². The van der Waals surface area contributed by atoms with E-state index < -0.39 is 28.9 Å². The van der Waals surface area contributed by atoms with Crippen LogP contribution in [0.2, 0.25) is 0 Å². The van der Waals surface area contributed by atoms with Gasteiger partial charge in [-0.15, -0.1) is 5.10 Å². The third-order valence-corrected chi connectivity index (χ3v) is 6.68. The standard InChI is InChI=1S/C30H40N4O7/c1-18(2)24-17-25(33-32-24)39-14-9-7-8-10-15-40-29(35)26-20(5)31-21(6)27(30(36)41-19(3)4)28(26)22-12-11-13-23(16-22)34(37)38/h11-13,16-19,28,31H,7-10,14-15H2,1-6H3,(H,32,33). The molecule has 1 aliphatic rings. The van der Waals surface area contributed by atoms with Crippen LogP contribution in [0.4, 0.5) is 5.69 Å². The lowest BCUT2D eigenvalue weighted by Crippen LogP contribution is -2.33. The molecule has 1 aliphatic heterocycles. The summed E-state index contributed by atoms with van der Waals surface area (Å²) < 4.78 is 16.8. The van der Waals surface area contributed by atoms with Crippen molar-refractivity contribution in [1.82, 2.24) is 15.5 Å². The zero-order valence-electron chi connectivity index (χ0n) is 24.6. The minimum atomic E-state index is -0.884. The first-order chi connectivity index (χ1) is 19.5. The lowest BCUT2D eigenvalue weighted by atomic mass is 9.80. The number of allylic oxidation sites excluding steroid dienone is 2. The monoisotopic (exact) mass is 568 g/mol. The number of carbonyl (C=O) groups excluding carboxylic acids is 2. The first-order valence-electron chi connectivity index (χ1n) is 14.0. The second-order valence-corrected chi connectivity index (χ2v) is 10.7. The number of aromatic amines is 1. The Hall–Kier alpha value is -4.15. The molecule has 41 heavy (non-hydrogen) atoms. The summed E-state index contributed by atoms with van der Waals surface area (Å²) in [5.74, 6) is -1.13. The number of nitrogens with one attached hydrogen (secondary N) is 2. The van der Waals surface area contributed by atoms with Gasteiger partial charge in [-0.1, -0.05) is 26.0 Å². The maximum atomic E-state index is 13.4. The Balaban J connectivity index is 1.63. The predicted molar refractivity (Wildman–Crippen MR) is 153 cm³/mol. The highest BCUT2D eigenvalue weighted by Gasteiger charge is 2.38. The fourth-order valence-corrected chi connectivity index (χ4v) is 4.63. The third-order valence-electron chi connectivity index (χ3n) is 6.68. The number of carbonyl (C=O) groups is 2. The van der Waals surface area contributed by atoms with Crippen molar-refractivity contribution in [2.24, 2.45) is 0 Å². The zero-order chi connectivity index (χ0) is 30.1. The Bertz CT molecular complexity index is 1310. The number of nitro benzene ring substituents is 1. The molecular weight excluding hydrogens is 528 g/mol. The largest absolute Gasteiger partial charge is 0.477 e. The minimum absolute atomic E-state index is 0.141. The van der Waals surface area contributed by atoms with Crippen LogP contribution in [0.15, 0.2) is 52.9 Å². The summed E-state index contributed by atoms with van der Waals surface area (Å²) in [4.78, 5) is 37.5. The van der Waals surface area contributed by atoms with Gasteiger partial charge in [-0.2, -0.15) is 0 Å². The first kappa shape index (κ1) is 31.4.